The molecule has 1 aromatic carbocycles. The van der Waals surface area contributed by atoms with Crippen molar-refractivity contribution in [3.8, 4) is 0 Å². The number of hydrogen-bond donors (Lipinski definition) is 1. The van der Waals surface area contributed by atoms with Crippen LogP contribution in [0, 0.1) is 5.82 Å². The topological polar surface area (TPSA) is 49.4 Å². The van der Waals surface area contributed by atoms with Crippen molar-refractivity contribution in [3.63, 3.8) is 0 Å². The van der Waals surface area contributed by atoms with Gasteiger partial charge in [-0.25, -0.2) is 12.8 Å². The highest BCUT2D eigenvalue weighted by Crippen LogP contribution is 2.24. The normalized spacial score (nSPS) is 16.7. The highest BCUT2D eigenvalue weighted by atomic mass is 32.2. The Labute approximate surface area is 120 Å². The molecule has 1 aromatic rings. The van der Waals surface area contributed by atoms with E-state index in [1.165, 1.54) is 10.4 Å². The van der Waals surface area contributed by atoms with Gasteiger partial charge in [0.15, 0.2) is 0 Å². The molecular weight excluding hydrogens is 279 g/mol. The van der Waals surface area contributed by atoms with Gasteiger partial charge in [-0.3, -0.25) is 0 Å². The third-order valence-corrected chi connectivity index (χ3v) is 5.44. The summed E-state index contributed by atoms with van der Waals surface area (Å²) in [6.45, 7) is 4.35. The highest BCUT2D eigenvalue weighted by Gasteiger charge is 2.29. The third kappa shape index (κ3) is 3.37. The molecule has 1 fully saturated rings. The first-order valence-electron chi connectivity index (χ1n) is 7.05. The van der Waals surface area contributed by atoms with Crippen LogP contribution in [0.3, 0.4) is 0 Å². The quantitative estimate of drug-likeness (QED) is 0.819. The molecule has 0 aromatic heterocycles. The summed E-state index contributed by atoms with van der Waals surface area (Å²) in [5.41, 5.74) is 0.631. The maximum Gasteiger partial charge on any atom is 0.243 e. The second-order valence-corrected chi connectivity index (χ2v) is 6.95. The minimum Gasteiger partial charge on any atom is -0.313 e. The van der Waals surface area contributed by atoms with E-state index in [1.54, 1.807) is 6.07 Å². The SMILES string of the molecule is CCCNCc1ccc(F)cc1S(=O)(=O)N1CCCC1. The number of nitrogens with one attached hydrogen (secondary N) is 1. The van der Waals surface area contributed by atoms with Gasteiger partial charge in [-0.2, -0.15) is 4.31 Å². The average Bonchev–Trinajstić information content (AvgIpc) is 2.95. The Hall–Kier alpha value is -0.980. The molecule has 6 heteroatoms. The Bertz CT molecular complexity index is 554. The number of nitrogens with zero attached hydrogens (tertiary/aromatic N) is 1. The molecule has 1 aliphatic heterocycles. The van der Waals surface area contributed by atoms with Crippen molar-refractivity contribution in [2.75, 3.05) is 19.6 Å². The van der Waals surface area contributed by atoms with Gasteiger partial charge in [0, 0.05) is 19.6 Å². The fourth-order valence-corrected chi connectivity index (χ4v) is 4.13. The van der Waals surface area contributed by atoms with E-state index in [1.807, 2.05) is 6.92 Å². The zero-order chi connectivity index (χ0) is 14.6. The van der Waals surface area contributed by atoms with Crippen molar-refractivity contribution in [2.24, 2.45) is 0 Å². The molecule has 1 N–H and O–H groups in total. The van der Waals surface area contributed by atoms with Crippen molar-refractivity contribution in [2.45, 2.75) is 37.6 Å². The lowest BCUT2D eigenvalue weighted by atomic mass is 10.2. The molecule has 112 valence electrons. The van der Waals surface area contributed by atoms with E-state index in [2.05, 4.69) is 5.32 Å². The summed E-state index contributed by atoms with van der Waals surface area (Å²) in [5, 5.41) is 3.17. The van der Waals surface area contributed by atoms with Crippen LogP contribution >= 0.6 is 0 Å². The first kappa shape index (κ1) is 15.4. The van der Waals surface area contributed by atoms with Crippen molar-refractivity contribution in [1.29, 1.82) is 0 Å². The van der Waals surface area contributed by atoms with Crippen molar-refractivity contribution < 1.29 is 12.8 Å². The molecule has 4 nitrogen and oxygen atoms in total. The van der Waals surface area contributed by atoms with Gasteiger partial charge in [0.25, 0.3) is 0 Å². The summed E-state index contributed by atoms with van der Waals surface area (Å²) < 4.78 is 40.0. The molecule has 20 heavy (non-hydrogen) atoms. The van der Waals surface area contributed by atoms with Crippen LogP contribution in [0.5, 0.6) is 0 Å². The molecule has 0 atom stereocenters. The van der Waals surface area contributed by atoms with Gasteiger partial charge in [-0.15, -0.1) is 0 Å². The number of hydrogen-bond acceptors (Lipinski definition) is 3. The van der Waals surface area contributed by atoms with Crippen LogP contribution < -0.4 is 5.32 Å². The van der Waals surface area contributed by atoms with E-state index in [0.29, 0.717) is 25.2 Å². The van der Waals surface area contributed by atoms with Crippen LogP contribution in [0.15, 0.2) is 23.1 Å². The van der Waals surface area contributed by atoms with E-state index < -0.39 is 15.8 Å². The molecule has 0 aliphatic carbocycles. The second kappa shape index (κ2) is 6.65. The maximum absolute atomic E-state index is 13.4. The van der Waals surface area contributed by atoms with Crippen LogP contribution in [0.1, 0.15) is 31.7 Å². The predicted molar refractivity (Wildman–Crippen MR) is 76.4 cm³/mol. The van der Waals surface area contributed by atoms with E-state index in [4.69, 9.17) is 0 Å². The van der Waals surface area contributed by atoms with Crippen LogP contribution in [0.2, 0.25) is 0 Å². The number of halogens is 1. The van der Waals surface area contributed by atoms with Gasteiger partial charge in [0.1, 0.15) is 5.82 Å². The minimum absolute atomic E-state index is 0.100. The average molecular weight is 300 g/mol. The molecular formula is C14H21FN2O2S. The number of benzene rings is 1. The summed E-state index contributed by atoms with van der Waals surface area (Å²) in [6, 6.07) is 4.00. The molecule has 0 saturated carbocycles. The molecule has 0 bridgehead atoms. The standard InChI is InChI=1S/C14H21FN2O2S/c1-2-7-16-11-12-5-6-13(15)10-14(12)20(18,19)17-8-3-4-9-17/h5-6,10,16H,2-4,7-9,11H2,1H3. The second-order valence-electron chi connectivity index (χ2n) is 5.04. The lowest BCUT2D eigenvalue weighted by Gasteiger charge is -2.18. The minimum atomic E-state index is -3.58. The Morgan fingerprint density at radius 1 is 1.30 bits per heavy atom. The fourth-order valence-electron chi connectivity index (χ4n) is 2.38. The van der Waals surface area contributed by atoms with Crippen LogP contribution in [0.4, 0.5) is 4.39 Å². The Kier molecular flexibility index (Phi) is 5.12. The molecule has 0 amide bonds. The van der Waals surface area contributed by atoms with Gasteiger partial charge in [-0.05, 0) is 43.5 Å². The number of rotatable bonds is 6. The Morgan fingerprint density at radius 3 is 2.65 bits per heavy atom. The molecule has 0 radical (unpaired) electrons. The lowest BCUT2D eigenvalue weighted by Crippen LogP contribution is -2.29. The molecule has 1 saturated heterocycles. The third-order valence-electron chi connectivity index (χ3n) is 3.45. The predicted octanol–water partition coefficient (Wildman–Crippen LogP) is 2.11. The molecule has 2 rings (SSSR count). The van der Waals surface area contributed by atoms with Gasteiger partial charge in [-0.1, -0.05) is 13.0 Å². The van der Waals surface area contributed by atoms with E-state index in [0.717, 1.165) is 31.9 Å². The van der Waals surface area contributed by atoms with Crippen molar-refractivity contribution in [3.05, 3.63) is 29.6 Å². The van der Waals surface area contributed by atoms with Gasteiger partial charge >= 0.3 is 0 Å². The first-order valence-corrected chi connectivity index (χ1v) is 8.49. The zero-order valence-corrected chi connectivity index (χ0v) is 12.5. The van der Waals surface area contributed by atoms with E-state index >= 15 is 0 Å². The molecule has 0 spiro atoms. The lowest BCUT2D eigenvalue weighted by molar-refractivity contribution is 0.475. The molecule has 1 heterocycles. The van der Waals surface area contributed by atoms with Gasteiger partial charge in [0.05, 0.1) is 4.90 Å². The summed E-state index contributed by atoms with van der Waals surface area (Å²) in [7, 11) is -3.58. The van der Waals surface area contributed by atoms with E-state index in [-0.39, 0.29) is 4.90 Å². The number of sulfonamides is 1. The zero-order valence-electron chi connectivity index (χ0n) is 11.7. The monoisotopic (exact) mass is 300 g/mol. The van der Waals surface area contributed by atoms with Crippen molar-refractivity contribution in [1.82, 2.24) is 9.62 Å². The molecule has 0 unspecified atom stereocenters. The molecule has 1 aliphatic rings. The summed E-state index contributed by atoms with van der Waals surface area (Å²) in [4.78, 5) is 0.100. The summed E-state index contributed by atoms with van der Waals surface area (Å²) in [6.07, 6.45) is 2.71. The van der Waals surface area contributed by atoms with Gasteiger partial charge < -0.3 is 5.32 Å². The van der Waals surface area contributed by atoms with E-state index in [9.17, 15) is 12.8 Å². The maximum atomic E-state index is 13.4. The van der Waals surface area contributed by atoms with Crippen LogP contribution in [0.25, 0.3) is 0 Å². The highest BCUT2D eigenvalue weighted by molar-refractivity contribution is 7.89. The largest absolute Gasteiger partial charge is 0.313 e. The van der Waals surface area contributed by atoms with Crippen molar-refractivity contribution >= 4 is 10.0 Å². The summed E-state index contributed by atoms with van der Waals surface area (Å²) in [5.74, 6) is -0.512. The van der Waals surface area contributed by atoms with Crippen LogP contribution in [-0.4, -0.2) is 32.4 Å². The van der Waals surface area contributed by atoms with Gasteiger partial charge in [0.2, 0.25) is 10.0 Å². The smallest absolute Gasteiger partial charge is 0.243 e. The fraction of sp³-hybridized carbons (Fsp3) is 0.571. The first-order chi connectivity index (χ1) is 9.55. The summed E-state index contributed by atoms with van der Waals surface area (Å²) >= 11 is 0. The Morgan fingerprint density at radius 2 is 2.00 bits per heavy atom. The van der Waals surface area contributed by atoms with Crippen LogP contribution in [-0.2, 0) is 16.6 Å². The Balaban J connectivity index is 2.30.